The van der Waals surface area contributed by atoms with Crippen molar-refractivity contribution in [1.82, 2.24) is 20.0 Å². The Kier molecular flexibility index (Phi) is 7.27. The van der Waals surface area contributed by atoms with Crippen LogP contribution < -0.4 is 14.8 Å². The Morgan fingerprint density at radius 2 is 1.80 bits per heavy atom. The number of nitrogens with one attached hydrogen (secondary N) is 1. The summed E-state index contributed by atoms with van der Waals surface area (Å²) in [6.45, 7) is 2.93. The maximum Gasteiger partial charge on any atom is 0.407 e. The second kappa shape index (κ2) is 11.3. The van der Waals surface area contributed by atoms with Crippen molar-refractivity contribution in [2.24, 2.45) is 5.92 Å². The molecule has 0 unspecified atom stereocenters. The van der Waals surface area contributed by atoms with E-state index < -0.39 is 6.09 Å². The molecule has 0 atom stereocenters. The van der Waals surface area contributed by atoms with Gasteiger partial charge in [0.15, 0.2) is 11.5 Å². The summed E-state index contributed by atoms with van der Waals surface area (Å²) in [5.41, 5.74) is 4.50. The molecule has 0 bridgehead atoms. The highest BCUT2D eigenvalue weighted by molar-refractivity contribution is 5.78. The Morgan fingerprint density at radius 1 is 1.00 bits per heavy atom. The number of benzene rings is 2. The van der Waals surface area contributed by atoms with E-state index in [2.05, 4.69) is 10.3 Å². The zero-order chi connectivity index (χ0) is 27.5. The van der Waals surface area contributed by atoms with Crippen LogP contribution in [0.4, 0.5) is 4.79 Å². The number of carbonyl (C=O) groups is 1. The molecule has 0 spiro atoms. The second-order valence-electron chi connectivity index (χ2n) is 10.4. The number of pyridine rings is 1. The largest absolute Gasteiger partial charge is 0.454 e. The summed E-state index contributed by atoms with van der Waals surface area (Å²) in [7, 11) is 0. The predicted molar refractivity (Wildman–Crippen MR) is 148 cm³/mol. The van der Waals surface area contributed by atoms with Crippen LogP contribution in [0.1, 0.15) is 48.7 Å². The summed E-state index contributed by atoms with van der Waals surface area (Å²) in [6, 6.07) is 21.1. The Balaban J connectivity index is 1.15. The minimum Gasteiger partial charge on any atom is -0.454 e. The highest BCUT2D eigenvalue weighted by Gasteiger charge is 2.30. The van der Waals surface area contributed by atoms with Gasteiger partial charge in [-0.05, 0) is 74.4 Å². The van der Waals surface area contributed by atoms with E-state index in [1.807, 2.05) is 73.7 Å². The number of hydrogen-bond acceptors (Lipinski definition) is 7. The lowest BCUT2D eigenvalue weighted by atomic mass is 9.81. The van der Waals surface area contributed by atoms with Crippen molar-refractivity contribution in [1.29, 1.82) is 0 Å². The molecule has 1 aliphatic heterocycles. The summed E-state index contributed by atoms with van der Waals surface area (Å²) >= 11 is 0. The number of amides is 1. The van der Waals surface area contributed by atoms with Crippen LogP contribution in [-0.4, -0.2) is 39.3 Å². The van der Waals surface area contributed by atoms with E-state index in [9.17, 15) is 10.0 Å². The third-order valence-electron chi connectivity index (χ3n) is 7.62. The minimum absolute atomic E-state index is 0.0811. The lowest BCUT2D eigenvalue weighted by molar-refractivity contribution is 0.136. The standard InChI is InChI=1S/C31H32N4O5/c1-20-6-5-9-25(33-20)29-28(24-14-15-26-27(16-24)40-19-39-26)34-30(35(29)37)23-12-10-21(11-13-23)17-32-31(36)38-18-22-7-3-2-4-8-22/h2-9,14-16,21,23,37H,10-13,17-19H2,1H3,(H,32,36). The van der Waals surface area contributed by atoms with Gasteiger partial charge in [0.05, 0.1) is 5.69 Å². The molecule has 2 aromatic carbocycles. The number of imidazole rings is 1. The maximum absolute atomic E-state index is 12.2. The molecule has 2 aliphatic rings. The first-order valence-electron chi connectivity index (χ1n) is 13.7. The van der Waals surface area contributed by atoms with E-state index >= 15 is 0 Å². The molecule has 9 nitrogen and oxygen atoms in total. The van der Waals surface area contributed by atoms with E-state index in [4.69, 9.17) is 19.2 Å². The first kappa shape index (κ1) is 25.7. The Bertz CT molecular complexity index is 1500. The Labute approximate surface area is 232 Å². The molecule has 4 aromatic rings. The number of carbonyl (C=O) groups excluding carboxylic acids is 1. The molecule has 0 radical (unpaired) electrons. The monoisotopic (exact) mass is 540 g/mol. The highest BCUT2D eigenvalue weighted by Crippen LogP contribution is 2.42. The van der Waals surface area contributed by atoms with Crippen molar-refractivity contribution < 1.29 is 24.2 Å². The molecule has 1 amide bonds. The second-order valence-corrected chi connectivity index (χ2v) is 10.4. The number of fused-ring (bicyclic) bond motifs is 1. The van der Waals surface area contributed by atoms with Crippen LogP contribution in [-0.2, 0) is 11.3 Å². The third kappa shape index (κ3) is 5.45. The van der Waals surface area contributed by atoms with Crippen molar-refractivity contribution in [3.63, 3.8) is 0 Å². The van der Waals surface area contributed by atoms with Crippen molar-refractivity contribution in [2.45, 2.75) is 45.1 Å². The predicted octanol–water partition coefficient (Wildman–Crippen LogP) is 6.09. The fourth-order valence-electron chi connectivity index (χ4n) is 5.47. The van der Waals surface area contributed by atoms with Crippen LogP contribution in [0.25, 0.3) is 22.6 Å². The number of ether oxygens (including phenoxy) is 3. The number of alkyl carbamates (subject to hydrolysis) is 1. The average molecular weight is 541 g/mol. The van der Waals surface area contributed by atoms with Crippen LogP contribution in [0.3, 0.4) is 0 Å². The molecular formula is C31H32N4O5. The van der Waals surface area contributed by atoms with Gasteiger partial charge in [-0.25, -0.2) is 9.78 Å². The number of aryl methyl sites for hydroxylation is 1. The first-order valence-corrected chi connectivity index (χ1v) is 13.7. The SMILES string of the molecule is Cc1cccc(-c2c(-c3ccc4c(c3)OCO4)nc(C3CCC(CNC(=O)OCc4ccccc4)CC3)n2O)n1. The van der Waals surface area contributed by atoms with Gasteiger partial charge in [0, 0.05) is 23.7 Å². The van der Waals surface area contributed by atoms with E-state index in [1.165, 1.54) is 4.73 Å². The maximum atomic E-state index is 12.2. The van der Waals surface area contributed by atoms with Gasteiger partial charge in [-0.1, -0.05) is 36.4 Å². The van der Waals surface area contributed by atoms with Gasteiger partial charge < -0.3 is 24.7 Å². The number of aromatic nitrogens is 3. The van der Waals surface area contributed by atoms with Crippen LogP contribution in [0.2, 0.25) is 0 Å². The van der Waals surface area contributed by atoms with Gasteiger partial charge in [-0.15, -0.1) is 0 Å². The van der Waals surface area contributed by atoms with Gasteiger partial charge in [0.1, 0.15) is 23.8 Å². The van der Waals surface area contributed by atoms with Gasteiger partial charge in [0.25, 0.3) is 0 Å². The highest BCUT2D eigenvalue weighted by atomic mass is 16.7. The van der Waals surface area contributed by atoms with Gasteiger partial charge in [-0.3, -0.25) is 4.98 Å². The average Bonchev–Trinajstić information content (AvgIpc) is 3.59. The molecule has 6 rings (SSSR count). The zero-order valence-corrected chi connectivity index (χ0v) is 22.4. The smallest absolute Gasteiger partial charge is 0.407 e. The van der Waals surface area contributed by atoms with Gasteiger partial charge >= 0.3 is 6.09 Å². The molecular weight excluding hydrogens is 508 g/mol. The minimum atomic E-state index is -0.402. The zero-order valence-electron chi connectivity index (χ0n) is 22.4. The Hall–Kier alpha value is -4.53. The van der Waals surface area contributed by atoms with Crippen LogP contribution in [0, 0.1) is 12.8 Å². The van der Waals surface area contributed by atoms with E-state index in [-0.39, 0.29) is 19.3 Å². The van der Waals surface area contributed by atoms with Crippen molar-refractivity contribution in [2.75, 3.05) is 13.3 Å². The summed E-state index contributed by atoms with van der Waals surface area (Å²) in [4.78, 5) is 21.8. The molecule has 1 aliphatic carbocycles. The summed E-state index contributed by atoms with van der Waals surface area (Å²) in [5.74, 6) is 2.40. The molecule has 3 heterocycles. The number of hydrogen-bond donors (Lipinski definition) is 2. The van der Waals surface area contributed by atoms with Crippen molar-refractivity contribution in [3.05, 3.63) is 83.8 Å². The Morgan fingerprint density at radius 3 is 2.60 bits per heavy atom. The van der Waals surface area contributed by atoms with E-state index in [1.54, 1.807) is 0 Å². The molecule has 0 saturated heterocycles. The molecule has 206 valence electrons. The van der Waals surface area contributed by atoms with Gasteiger partial charge in [0.2, 0.25) is 6.79 Å². The fourth-order valence-corrected chi connectivity index (χ4v) is 5.47. The number of nitrogens with zero attached hydrogens (tertiary/aromatic N) is 3. The topological polar surface area (TPSA) is 108 Å². The molecule has 2 aromatic heterocycles. The third-order valence-corrected chi connectivity index (χ3v) is 7.62. The van der Waals surface area contributed by atoms with E-state index in [0.717, 1.165) is 42.5 Å². The first-order chi connectivity index (χ1) is 19.5. The van der Waals surface area contributed by atoms with Crippen LogP contribution in [0.5, 0.6) is 11.5 Å². The summed E-state index contributed by atoms with van der Waals surface area (Å²) in [5, 5.41) is 14.3. The molecule has 40 heavy (non-hydrogen) atoms. The molecule has 9 heteroatoms. The summed E-state index contributed by atoms with van der Waals surface area (Å²) in [6.07, 6.45) is 3.12. The van der Waals surface area contributed by atoms with Crippen LogP contribution in [0.15, 0.2) is 66.7 Å². The normalized spacial score (nSPS) is 17.9. The number of rotatable bonds is 7. The lowest BCUT2D eigenvalue weighted by Gasteiger charge is -2.27. The molecule has 1 fully saturated rings. The lowest BCUT2D eigenvalue weighted by Crippen LogP contribution is -2.31. The summed E-state index contributed by atoms with van der Waals surface area (Å²) < 4.78 is 17.6. The van der Waals surface area contributed by atoms with Crippen LogP contribution >= 0.6 is 0 Å². The van der Waals surface area contributed by atoms with Gasteiger partial charge in [-0.2, -0.15) is 4.73 Å². The fraction of sp³-hybridized carbons (Fsp3) is 0.323. The molecule has 2 N–H and O–H groups in total. The molecule has 1 saturated carbocycles. The van der Waals surface area contributed by atoms with Crippen molar-refractivity contribution in [3.8, 4) is 34.1 Å². The quantitative estimate of drug-likeness (QED) is 0.273. The van der Waals surface area contributed by atoms with E-state index in [0.29, 0.717) is 46.9 Å². The van der Waals surface area contributed by atoms with Crippen molar-refractivity contribution >= 4 is 6.09 Å².